The zero-order chi connectivity index (χ0) is 20.1. The maximum absolute atomic E-state index is 12.6. The molecule has 0 unspecified atom stereocenters. The number of nitrogens with one attached hydrogen (secondary N) is 2. The Hall–Kier alpha value is -3.22. The Morgan fingerprint density at radius 1 is 1.11 bits per heavy atom. The second kappa shape index (κ2) is 8.44. The van der Waals surface area contributed by atoms with E-state index in [1.165, 1.54) is 0 Å². The van der Waals surface area contributed by atoms with Crippen LogP contribution in [-0.4, -0.2) is 40.1 Å². The molecule has 2 rings (SSSR count). The Morgan fingerprint density at radius 3 is 2.19 bits per heavy atom. The second-order valence-electron chi connectivity index (χ2n) is 6.34. The summed E-state index contributed by atoms with van der Waals surface area (Å²) in [7, 11) is 6.92. The first-order valence-corrected chi connectivity index (χ1v) is 8.44. The first-order valence-electron chi connectivity index (χ1n) is 8.44. The highest BCUT2D eigenvalue weighted by atomic mass is 16.5. The molecule has 7 heteroatoms. The van der Waals surface area contributed by atoms with Crippen LogP contribution >= 0.6 is 0 Å². The van der Waals surface area contributed by atoms with Crippen molar-refractivity contribution in [2.75, 3.05) is 33.2 Å². The fourth-order valence-electron chi connectivity index (χ4n) is 2.79. The molecule has 0 atom stereocenters. The summed E-state index contributed by atoms with van der Waals surface area (Å²) in [6.45, 7) is 2.21. The van der Waals surface area contributed by atoms with Crippen molar-refractivity contribution in [2.45, 2.75) is 13.5 Å². The fraction of sp³-hybridized carbons (Fsp3) is 0.300. The number of benzene rings is 2. The molecule has 0 aliphatic heterocycles. The van der Waals surface area contributed by atoms with E-state index in [2.05, 4.69) is 5.32 Å². The number of nitrogens with two attached hydrogens (primary N) is 1. The molecule has 4 N–H and O–H groups in total. The Kier molecular flexibility index (Phi) is 6.28. The smallest absolute Gasteiger partial charge is 0.251 e. The predicted octanol–water partition coefficient (Wildman–Crippen LogP) is 2.29. The summed E-state index contributed by atoms with van der Waals surface area (Å²) in [5.41, 5.74) is 9.32. The van der Waals surface area contributed by atoms with Crippen LogP contribution in [0.1, 0.15) is 27.0 Å². The third-order valence-corrected chi connectivity index (χ3v) is 4.33. The number of anilines is 1. The van der Waals surface area contributed by atoms with E-state index >= 15 is 0 Å². The summed E-state index contributed by atoms with van der Waals surface area (Å²) in [4.78, 5) is 14.6. The number of methoxy groups -OCH3 is 2. The lowest BCUT2D eigenvalue weighted by molar-refractivity contribution is 0.0950. The molecular formula is C20H26N4O3. The average molecular weight is 370 g/mol. The summed E-state index contributed by atoms with van der Waals surface area (Å²) < 4.78 is 10.7. The standard InChI is InChI=1S/C20H26N4O3/c1-12-17(26-4)9-15(10-18(12)27-5)20(25)23-11-14-7-6-13(19(21)22)8-16(14)24(2)3/h6-10H,11H2,1-5H3,(H3,21,22)(H,23,25). The van der Waals surface area contributed by atoms with Gasteiger partial charge in [-0.1, -0.05) is 12.1 Å². The molecule has 0 radical (unpaired) electrons. The van der Waals surface area contributed by atoms with E-state index < -0.39 is 0 Å². The Bertz CT molecular complexity index is 837. The number of hydrogen-bond acceptors (Lipinski definition) is 5. The highest BCUT2D eigenvalue weighted by Gasteiger charge is 2.15. The van der Waals surface area contributed by atoms with Gasteiger partial charge in [0.2, 0.25) is 0 Å². The Balaban J connectivity index is 2.24. The van der Waals surface area contributed by atoms with E-state index in [0.29, 0.717) is 29.2 Å². The number of amides is 1. The van der Waals surface area contributed by atoms with E-state index in [9.17, 15) is 4.79 Å². The van der Waals surface area contributed by atoms with E-state index in [1.807, 2.05) is 38.1 Å². The van der Waals surface area contributed by atoms with Gasteiger partial charge in [0.25, 0.3) is 5.91 Å². The van der Waals surface area contributed by atoms with E-state index in [-0.39, 0.29) is 11.7 Å². The normalized spacial score (nSPS) is 10.3. The van der Waals surface area contributed by atoms with E-state index in [4.69, 9.17) is 20.6 Å². The van der Waals surface area contributed by atoms with Crippen LogP contribution in [0.5, 0.6) is 11.5 Å². The lowest BCUT2D eigenvalue weighted by Crippen LogP contribution is -2.25. The summed E-state index contributed by atoms with van der Waals surface area (Å²) in [5, 5.41) is 10.5. The largest absolute Gasteiger partial charge is 0.496 e. The highest BCUT2D eigenvalue weighted by molar-refractivity contribution is 5.96. The average Bonchev–Trinajstić information content (AvgIpc) is 2.65. The van der Waals surface area contributed by atoms with Crippen molar-refractivity contribution in [1.82, 2.24) is 5.32 Å². The van der Waals surface area contributed by atoms with Crippen molar-refractivity contribution < 1.29 is 14.3 Å². The molecule has 0 heterocycles. The minimum absolute atomic E-state index is 0.00697. The number of nitrogens with zero attached hydrogens (tertiary/aromatic N) is 1. The number of rotatable bonds is 7. The molecule has 7 nitrogen and oxygen atoms in total. The number of carbonyl (C=O) groups is 1. The topological polar surface area (TPSA) is 101 Å². The number of hydrogen-bond donors (Lipinski definition) is 3. The van der Waals surface area contributed by atoms with Gasteiger partial charge in [-0.15, -0.1) is 0 Å². The molecule has 2 aromatic carbocycles. The molecule has 0 aliphatic carbocycles. The molecule has 0 saturated heterocycles. The second-order valence-corrected chi connectivity index (χ2v) is 6.34. The lowest BCUT2D eigenvalue weighted by atomic mass is 10.1. The van der Waals surface area contributed by atoms with Gasteiger partial charge >= 0.3 is 0 Å². The molecule has 144 valence electrons. The molecule has 0 aliphatic rings. The third kappa shape index (κ3) is 4.49. The molecule has 0 aromatic heterocycles. The van der Waals surface area contributed by atoms with Crippen molar-refractivity contribution in [1.29, 1.82) is 5.41 Å². The van der Waals surface area contributed by atoms with E-state index in [0.717, 1.165) is 16.8 Å². The number of nitrogen functional groups attached to an aromatic ring is 1. The minimum Gasteiger partial charge on any atom is -0.496 e. The van der Waals surface area contributed by atoms with Gasteiger partial charge in [0.05, 0.1) is 14.2 Å². The number of amidine groups is 1. The van der Waals surface area contributed by atoms with Gasteiger partial charge in [-0.05, 0) is 30.7 Å². The van der Waals surface area contributed by atoms with Crippen LogP contribution in [0.25, 0.3) is 0 Å². The van der Waals surface area contributed by atoms with E-state index in [1.54, 1.807) is 32.4 Å². The Labute approximate surface area is 159 Å². The van der Waals surface area contributed by atoms with Crippen molar-refractivity contribution >= 4 is 17.4 Å². The van der Waals surface area contributed by atoms with Crippen molar-refractivity contribution in [3.05, 3.63) is 52.6 Å². The SMILES string of the molecule is COc1cc(C(=O)NCc2ccc(C(=N)N)cc2N(C)C)cc(OC)c1C. The van der Waals surface area contributed by atoms with Gasteiger partial charge in [0, 0.05) is 43.0 Å². The Morgan fingerprint density at radius 2 is 1.70 bits per heavy atom. The van der Waals surface area contributed by atoms with Crippen molar-refractivity contribution in [3.8, 4) is 11.5 Å². The monoisotopic (exact) mass is 370 g/mol. The molecule has 0 spiro atoms. The molecule has 0 bridgehead atoms. The maximum Gasteiger partial charge on any atom is 0.251 e. The zero-order valence-corrected chi connectivity index (χ0v) is 16.3. The maximum atomic E-state index is 12.6. The van der Waals surface area contributed by atoms with Crippen LogP contribution in [0.3, 0.4) is 0 Å². The van der Waals surface area contributed by atoms with Crippen molar-refractivity contribution in [2.24, 2.45) is 5.73 Å². The van der Waals surface area contributed by atoms with Crippen LogP contribution < -0.4 is 25.4 Å². The molecular weight excluding hydrogens is 344 g/mol. The highest BCUT2D eigenvalue weighted by Crippen LogP contribution is 2.29. The van der Waals surface area contributed by atoms with Crippen LogP contribution in [0.15, 0.2) is 30.3 Å². The minimum atomic E-state index is -0.230. The van der Waals surface area contributed by atoms with Crippen LogP contribution in [0, 0.1) is 12.3 Å². The summed E-state index contributed by atoms with van der Waals surface area (Å²) in [5.74, 6) is 0.970. The van der Waals surface area contributed by atoms with Crippen LogP contribution in [-0.2, 0) is 6.54 Å². The van der Waals surface area contributed by atoms with Gasteiger partial charge in [-0.2, -0.15) is 0 Å². The predicted molar refractivity (Wildman–Crippen MR) is 107 cm³/mol. The molecule has 1 amide bonds. The number of carbonyl (C=O) groups excluding carboxylic acids is 1. The fourth-order valence-corrected chi connectivity index (χ4v) is 2.79. The molecule has 0 saturated carbocycles. The first-order chi connectivity index (χ1) is 12.8. The zero-order valence-electron chi connectivity index (χ0n) is 16.3. The van der Waals surface area contributed by atoms with Gasteiger partial charge in [0.1, 0.15) is 17.3 Å². The molecule has 2 aromatic rings. The van der Waals surface area contributed by atoms with Gasteiger partial charge in [-0.3, -0.25) is 10.2 Å². The number of ether oxygens (including phenoxy) is 2. The summed E-state index contributed by atoms with van der Waals surface area (Å²) in [6, 6.07) is 8.86. The summed E-state index contributed by atoms with van der Waals surface area (Å²) in [6.07, 6.45) is 0. The van der Waals surface area contributed by atoms with Crippen LogP contribution in [0.2, 0.25) is 0 Å². The summed E-state index contributed by atoms with van der Waals surface area (Å²) >= 11 is 0. The third-order valence-electron chi connectivity index (χ3n) is 4.33. The van der Waals surface area contributed by atoms with Crippen molar-refractivity contribution in [3.63, 3.8) is 0 Å². The van der Waals surface area contributed by atoms with Crippen LogP contribution in [0.4, 0.5) is 5.69 Å². The molecule has 0 fully saturated rings. The van der Waals surface area contributed by atoms with Gasteiger partial charge < -0.3 is 25.4 Å². The quantitative estimate of drug-likeness (QED) is 0.513. The first kappa shape index (κ1) is 20.1. The lowest BCUT2D eigenvalue weighted by Gasteiger charge is -2.19. The molecule has 27 heavy (non-hydrogen) atoms. The van der Waals surface area contributed by atoms with Gasteiger partial charge in [-0.25, -0.2) is 0 Å². The van der Waals surface area contributed by atoms with Gasteiger partial charge in [0.15, 0.2) is 0 Å².